The number of aliphatic hydroxyl groups excluding tert-OH is 1. The van der Waals surface area contributed by atoms with Crippen LogP contribution in [-0.2, 0) is 4.74 Å². The van der Waals surface area contributed by atoms with Gasteiger partial charge in [0.15, 0.2) is 0 Å². The Balaban J connectivity index is 2.82. The van der Waals surface area contributed by atoms with E-state index in [0.29, 0.717) is 5.56 Å². The van der Waals surface area contributed by atoms with Gasteiger partial charge in [-0.15, -0.1) is 0 Å². The molecule has 6 heteroatoms. The largest absolute Gasteiger partial charge is 0.487 e. The second-order valence-corrected chi connectivity index (χ2v) is 6.39. The highest BCUT2D eigenvalue weighted by Crippen LogP contribution is 2.20. The van der Waals surface area contributed by atoms with E-state index in [0.717, 1.165) is 0 Å². The molecule has 0 saturated carbocycles. The van der Waals surface area contributed by atoms with Crippen LogP contribution >= 0.6 is 0 Å². The van der Waals surface area contributed by atoms with Crippen LogP contribution in [0.4, 0.5) is 9.18 Å². The first-order valence-corrected chi connectivity index (χ1v) is 7.69. The lowest BCUT2D eigenvalue weighted by Gasteiger charge is -2.20. The van der Waals surface area contributed by atoms with E-state index in [1.165, 1.54) is 18.2 Å². The summed E-state index contributed by atoms with van der Waals surface area (Å²) in [6, 6.07) is 3.50. The number of aliphatic hydroxyl groups is 1. The van der Waals surface area contributed by atoms with E-state index in [4.69, 9.17) is 14.6 Å². The predicted octanol–water partition coefficient (Wildman–Crippen LogP) is 2.85. The van der Waals surface area contributed by atoms with Gasteiger partial charge in [-0.3, -0.25) is 0 Å². The topological polar surface area (TPSA) is 67.8 Å². The van der Waals surface area contributed by atoms with Crippen molar-refractivity contribution in [3.63, 3.8) is 0 Å². The SMILES string of the molecule is C[C@H](CO)Oc1cc(F)ccc1C#C[C@H](C)NC(=O)OC(C)(C)C. The summed E-state index contributed by atoms with van der Waals surface area (Å²) in [4.78, 5) is 11.7. The molecule has 0 radical (unpaired) electrons. The smallest absolute Gasteiger partial charge is 0.408 e. The van der Waals surface area contributed by atoms with E-state index in [2.05, 4.69) is 17.2 Å². The van der Waals surface area contributed by atoms with Gasteiger partial charge in [-0.1, -0.05) is 11.8 Å². The molecule has 0 fully saturated rings. The third kappa shape index (κ3) is 7.34. The van der Waals surface area contributed by atoms with Gasteiger partial charge < -0.3 is 19.9 Å². The van der Waals surface area contributed by atoms with Gasteiger partial charge in [0.2, 0.25) is 0 Å². The van der Waals surface area contributed by atoms with Crippen molar-refractivity contribution in [1.29, 1.82) is 0 Å². The number of halogens is 1. The van der Waals surface area contributed by atoms with Crippen LogP contribution in [0, 0.1) is 17.7 Å². The normalized spacial score (nSPS) is 13.3. The first-order valence-electron chi connectivity index (χ1n) is 7.69. The average molecular weight is 337 g/mol. The van der Waals surface area contributed by atoms with Gasteiger partial charge in [0.1, 0.15) is 23.3 Å². The molecule has 0 aliphatic rings. The van der Waals surface area contributed by atoms with Gasteiger partial charge >= 0.3 is 6.09 Å². The molecule has 0 bridgehead atoms. The van der Waals surface area contributed by atoms with E-state index in [1.807, 2.05) is 0 Å². The molecule has 5 nitrogen and oxygen atoms in total. The van der Waals surface area contributed by atoms with E-state index >= 15 is 0 Å². The maximum Gasteiger partial charge on any atom is 0.408 e. The average Bonchev–Trinajstić information content (AvgIpc) is 2.44. The van der Waals surface area contributed by atoms with Crippen molar-refractivity contribution < 1.29 is 23.8 Å². The van der Waals surface area contributed by atoms with Crippen molar-refractivity contribution in [2.24, 2.45) is 0 Å². The number of amides is 1. The standard InChI is InChI=1S/C18H24FNO4/c1-12(20-17(22)24-18(3,4)5)6-7-14-8-9-15(19)10-16(14)23-13(2)11-21/h8-10,12-13,21H,11H2,1-5H3,(H,20,22)/t12-,13+/m0/s1. The fraction of sp³-hybridized carbons (Fsp3) is 0.500. The number of benzene rings is 1. The number of carbonyl (C=O) groups is 1. The Kier molecular flexibility index (Phi) is 7.05. The highest BCUT2D eigenvalue weighted by atomic mass is 19.1. The molecule has 1 aromatic carbocycles. The minimum absolute atomic E-state index is 0.194. The number of nitrogens with one attached hydrogen (secondary N) is 1. The fourth-order valence-electron chi connectivity index (χ4n) is 1.66. The zero-order chi connectivity index (χ0) is 18.3. The van der Waals surface area contributed by atoms with Crippen molar-refractivity contribution in [2.75, 3.05) is 6.61 Å². The Bertz CT molecular complexity index is 628. The maximum absolute atomic E-state index is 13.4. The lowest BCUT2D eigenvalue weighted by atomic mass is 10.2. The Morgan fingerprint density at radius 2 is 2.04 bits per heavy atom. The van der Waals surface area contributed by atoms with E-state index in [-0.39, 0.29) is 12.4 Å². The first kappa shape index (κ1) is 19.8. The van der Waals surface area contributed by atoms with E-state index < -0.39 is 29.7 Å². The molecule has 0 spiro atoms. The number of carbonyl (C=O) groups excluding carboxylic acids is 1. The molecule has 24 heavy (non-hydrogen) atoms. The predicted molar refractivity (Wildman–Crippen MR) is 89.3 cm³/mol. The second kappa shape index (κ2) is 8.55. The van der Waals surface area contributed by atoms with Crippen molar-refractivity contribution in [3.8, 4) is 17.6 Å². The van der Waals surface area contributed by atoms with Crippen LogP contribution in [0.3, 0.4) is 0 Å². The molecule has 0 aliphatic heterocycles. The summed E-state index contributed by atoms with van der Waals surface area (Å²) < 4.78 is 24.0. The lowest BCUT2D eigenvalue weighted by molar-refractivity contribution is 0.0519. The molecule has 0 aromatic heterocycles. The quantitative estimate of drug-likeness (QED) is 0.829. The molecule has 132 valence electrons. The summed E-state index contributed by atoms with van der Waals surface area (Å²) >= 11 is 0. The van der Waals surface area contributed by atoms with Crippen LogP contribution in [0.1, 0.15) is 40.2 Å². The van der Waals surface area contributed by atoms with Crippen molar-refractivity contribution >= 4 is 6.09 Å². The monoisotopic (exact) mass is 337 g/mol. The lowest BCUT2D eigenvalue weighted by Crippen LogP contribution is -2.37. The van der Waals surface area contributed by atoms with Crippen LogP contribution in [0.2, 0.25) is 0 Å². The first-order chi connectivity index (χ1) is 11.1. The van der Waals surface area contributed by atoms with Gasteiger partial charge in [-0.2, -0.15) is 0 Å². The second-order valence-electron chi connectivity index (χ2n) is 6.39. The summed E-state index contributed by atoms with van der Waals surface area (Å²) in [7, 11) is 0. The molecule has 0 heterocycles. The van der Waals surface area contributed by atoms with Crippen LogP contribution < -0.4 is 10.1 Å². The summed E-state index contributed by atoms with van der Waals surface area (Å²) in [5, 5.41) is 11.6. The molecule has 2 atom stereocenters. The Labute approximate surface area is 142 Å². The zero-order valence-corrected chi connectivity index (χ0v) is 14.6. The summed E-state index contributed by atoms with van der Waals surface area (Å²) in [5.41, 5.74) is -0.121. The highest BCUT2D eigenvalue weighted by Gasteiger charge is 2.17. The molecule has 1 amide bonds. The number of ether oxygens (including phenoxy) is 2. The third-order valence-corrected chi connectivity index (χ3v) is 2.69. The number of hydrogen-bond donors (Lipinski definition) is 2. The minimum atomic E-state index is -0.588. The van der Waals surface area contributed by atoms with Gasteiger partial charge in [-0.25, -0.2) is 9.18 Å². The molecule has 0 aliphatic carbocycles. The Hall–Kier alpha value is -2.26. The van der Waals surface area contributed by atoms with E-state index in [9.17, 15) is 9.18 Å². The molecule has 1 aromatic rings. The van der Waals surface area contributed by atoms with Crippen molar-refractivity contribution in [2.45, 2.75) is 52.4 Å². The molecular weight excluding hydrogens is 313 g/mol. The van der Waals surface area contributed by atoms with E-state index in [1.54, 1.807) is 34.6 Å². The third-order valence-electron chi connectivity index (χ3n) is 2.69. The van der Waals surface area contributed by atoms with Crippen LogP contribution in [0.25, 0.3) is 0 Å². The maximum atomic E-state index is 13.4. The van der Waals surface area contributed by atoms with Gasteiger partial charge in [0, 0.05) is 6.07 Å². The van der Waals surface area contributed by atoms with Crippen LogP contribution in [0.15, 0.2) is 18.2 Å². The number of hydrogen-bond acceptors (Lipinski definition) is 4. The van der Waals surface area contributed by atoms with Crippen LogP contribution in [-0.4, -0.2) is 35.6 Å². The minimum Gasteiger partial charge on any atom is -0.487 e. The molecule has 0 unspecified atom stereocenters. The van der Waals surface area contributed by atoms with Gasteiger partial charge in [-0.05, 0) is 46.8 Å². The summed E-state index contributed by atoms with van der Waals surface area (Å²) in [5.74, 6) is 5.47. The number of alkyl carbamates (subject to hydrolysis) is 1. The summed E-state index contributed by atoms with van der Waals surface area (Å²) in [6.07, 6.45) is -1.04. The molecule has 2 N–H and O–H groups in total. The molecular formula is C18H24FNO4. The summed E-state index contributed by atoms with van der Waals surface area (Å²) in [6.45, 7) is 8.49. The zero-order valence-electron chi connectivity index (χ0n) is 14.6. The fourth-order valence-corrected chi connectivity index (χ4v) is 1.66. The Morgan fingerprint density at radius 1 is 1.38 bits per heavy atom. The molecule has 0 saturated heterocycles. The van der Waals surface area contributed by atoms with Gasteiger partial charge in [0.25, 0.3) is 0 Å². The van der Waals surface area contributed by atoms with Crippen LogP contribution in [0.5, 0.6) is 5.75 Å². The Morgan fingerprint density at radius 3 is 2.62 bits per heavy atom. The van der Waals surface area contributed by atoms with Crippen molar-refractivity contribution in [3.05, 3.63) is 29.6 Å². The number of rotatable bonds is 4. The molecule has 1 rings (SSSR count). The van der Waals surface area contributed by atoms with Crippen molar-refractivity contribution in [1.82, 2.24) is 5.32 Å². The highest BCUT2D eigenvalue weighted by molar-refractivity contribution is 5.68. The van der Waals surface area contributed by atoms with Gasteiger partial charge in [0.05, 0.1) is 18.2 Å².